The molecule has 1 unspecified atom stereocenters. The van der Waals surface area contributed by atoms with Gasteiger partial charge < -0.3 is 25.2 Å². The van der Waals surface area contributed by atoms with Gasteiger partial charge in [0, 0.05) is 5.92 Å². The number of aliphatic hydroxyl groups is 2. The highest BCUT2D eigenvalue weighted by Crippen LogP contribution is 2.46. The minimum absolute atomic E-state index is 0.104. The van der Waals surface area contributed by atoms with Crippen molar-refractivity contribution in [2.24, 2.45) is 0 Å². The molecule has 0 heterocycles. The molecule has 0 aliphatic rings. The van der Waals surface area contributed by atoms with Crippen LogP contribution in [-0.4, -0.2) is 39.3 Å². The SMILES string of the molecule is CC(C)(C)c1cc(C(CC(=O)OC(O)CO)c2cc(C(C)(C)C)c(O)c(C(C)(C)C)c2)cc(C(C)(C)C)c1O. The van der Waals surface area contributed by atoms with Crippen LogP contribution < -0.4 is 0 Å². The molecule has 0 aromatic heterocycles. The standard InChI is InChI=1S/C33H50O6/c1-30(2,3)22-13-19(14-23(28(22)37)31(4,5)6)21(17-26(35)39-27(36)18-34)20-15-24(32(7,8)9)29(38)25(16-20)33(10,11)12/h13-16,21,27,34,36-38H,17-18H2,1-12H3. The Morgan fingerprint density at radius 1 is 0.667 bits per heavy atom. The third kappa shape index (κ3) is 7.76. The van der Waals surface area contributed by atoms with E-state index in [2.05, 4.69) is 0 Å². The van der Waals surface area contributed by atoms with E-state index in [1.807, 2.05) is 107 Å². The Morgan fingerprint density at radius 2 is 0.949 bits per heavy atom. The van der Waals surface area contributed by atoms with Crippen LogP contribution in [0.2, 0.25) is 0 Å². The highest BCUT2D eigenvalue weighted by Gasteiger charge is 2.33. The molecule has 0 aliphatic heterocycles. The van der Waals surface area contributed by atoms with Crippen molar-refractivity contribution in [2.75, 3.05) is 6.61 Å². The smallest absolute Gasteiger partial charge is 0.309 e. The maximum atomic E-state index is 13.0. The Balaban J connectivity index is 2.99. The normalized spacial score (nSPS) is 14.0. The van der Waals surface area contributed by atoms with Crippen molar-refractivity contribution >= 4 is 5.97 Å². The zero-order chi connectivity index (χ0) is 30.3. The van der Waals surface area contributed by atoms with Crippen LogP contribution in [0, 0.1) is 0 Å². The first-order valence-corrected chi connectivity index (χ1v) is 13.7. The summed E-state index contributed by atoms with van der Waals surface area (Å²) in [7, 11) is 0. The highest BCUT2D eigenvalue weighted by molar-refractivity contribution is 5.72. The fourth-order valence-electron chi connectivity index (χ4n) is 4.83. The predicted molar refractivity (Wildman–Crippen MR) is 157 cm³/mol. The molecular formula is C33H50O6. The van der Waals surface area contributed by atoms with Gasteiger partial charge >= 0.3 is 5.97 Å². The van der Waals surface area contributed by atoms with Crippen LogP contribution in [0.4, 0.5) is 0 Å². The van der Waals surface area contributed by atoms with Crippen molar-refractivity contribution in [2.45, 2.75) is 123 Å². The molecule has 218 valence electrons. The summed E-state index contributed by atoms with van der Waals surface area (Å²) in [5.74, 6) is -0.680. The van der Waals surface area contributed by atoms with Gasteiger partial charge in [0.25, 0.3) is 0 Å². The molecule has 6 nitrogen and oxygen atoms in total. The third-order valence-electron chi connectivity index (χ3n) is 7.10. The Labute approximate surface area is 235 Å². The van der Waals surface area contributed by atoms with Crippen LogP contribution in [0.3, 0.4) is 0 Å². The van der Waals surface area contributed by atoms with Crippen LogP contribution in [-0.2, 0) is 31.2 Å². The monoisotopic (exact) mass is 542 g/mol. The van der Waals surface area contributed by atoms with Crippen LogP contribution in [0.5, 0.6) is 11.5 Å². The number of esters is 1. The second kappa shape index (κ2) is 11.1. The number of hydrogen-bond donors (Lipinski definition) is 4. The number of carbonyl (C=O) groups is 1. The number of phenols is 2. The number of aromatic hydroxyl groups is 2. The second-order valence-electron chi connectivity index (χ2n) is 14.8. The molecule has 0 radical (unpaired) electrons. The molecular weight excluding hydrogens is 492 g/mol. The van der Waals surface area contributed by atoms with Crippen molar-refractivity contribution in [3.63, 3.8) is 0 Å². The lowest BCUT2D eigenvalue weighted by molar-refractivity contribution is -0.173. The van der Waals surface area contributed by atoms with E-state index in [1.165, 1.54) is 0 Å². The lowest BCUT2D eigenvalue weighted by Crippen LogP contribution is -2.24. The highest BCUT2D eigenvalue weighted by atomic mass is 16.6. The summed E-state index contributed by atoms with van der Waals surface area (Å²) in [6.45, 7) is 23.7. The molecule has 0 spiro atoms. The number of aliphatic hydroxyl groups excluding tert-OH is 2. The summed E-state index contributed by atoms with van der Waals surface area (Å²) in [6.07, 6.45) is -1.71. The van der Waals surface area contributed by atoms with Crippen LogP contribution >= 0.6 is 0 Å². The Hall–Kier alpha value is -2.57. The van der Waals surface area contributed by atoms with E-state index in [-0.39, 0.29) is 39.6 Å². The van der Waals surface area contributed by atoms with Crippen LogP contribution in [0.15, 0.2) is 24.3 Å². The van der Waals surface area contributed by atoms with E-state index >= 15 is 0 Å². The van der Waals surface area contributed by atoms with Crippen molar-refractivity contribution in [1.82, 2.24) is 0 Å². The minimum atomic E-state index is -1.61. The molecule has 0 bridgehead atoms. The summed E-state index contributed by atoms with van der Waals surface area (Å²) in [6, 6.07) is 7.80. The van der Waals surface area contributed by atoms with Gasteiger partial charge in [-0.1, -0.05) is 107 Å². The number of carbonyl (C=O) groups excluding carboxylic acids is 1. The number of ether oxygens (including phenoxy) is 1. The minimum Gasteiger partial charge on any atom is -0.507 e. The average molecular weight is 543 g/mol. The molecule has 6 heteroatoms. The van der Waals surface area contributed by atoms with Crippen LogP contribution in [0.25, 0.3) is 0 Å². The first kappa shape index (κ1) is 32.6. The third-order valence-corrected chi connectivity index (χ3v) is 7.10. The molecule has 2 aromatic rings. The Kier molecular flexibility index (Phi) is 9.31. The summed E-state index contributed by atoms with van der Waals surface area (Å²) in [5.41, 5.74) is 3.22. The van der Waals surface area contributed by atoms with E-state index < -0.39 is 24.8 Å². The van der Waals surface area contributed by atoms with Crippen molar-refractivity contribution in [1.29, 1.82) is 0 Å². The number of rotatable bonds is 6. The van der Waals surface area contributed by atoms with E-state index in [0.717, 1.165) is 33.4 Å². The van der Waals surface area contributed by atoms with Gasteiger partial charge in [-0.3, -0.25) is 4.79 Å². The summed E-state index contributed by atoms with van der Waals surface area (Å²) >= 11 is 0. The fourth-order valence-corrected chi connectivity index (χ4v) is 4.83. The maximum absolute atomic E-state index is 13.0. The quantitative estimate of drug-likeness (QED) is 0.240. The van der Waals surface area contributed by atoms with E-state index in [1.54, 1.807) is 0 Å². The number of benzene rings is 2. The lowest BCUT2D eigenvalue weighted by atomic mass is 9.73. The molecule has 0 aliphatic carbocycles. The zero-order valence-corrected chi connectivity index (χ0v) is 26.0. The summed E-state index contributed by atoms with van der Waals surface area (Å²) in [4.78, 5) is 13.0. The van der Waals surface area contributed by atoms with Gasteiger partial charge in [0.15, 0.2) is 0 Å². The van der Waals surface area contributed by atoms with Gasteiger partial charge in [-0.15, -0.1) is 0 Å². The summed E-state index contributed by atoms with van der Waals surface area (Å²) in [5, 5.41) is 41.7. The average Bonchev–Trinajstić information content (AvgIpc) is 2.74. The van der Waals surface area contributed by atoms with Gasteiger partial charge in [-0.05, 0) is 55.0 Å². The summed E-state index contributed by atoms with van der Waals surface area (Å²) < 4.78 is 5.08. The molecule has 2 aromatic carbocycles. The zero-order valence-electron chi connectivity index (χ0n) is 26.0. The molecule has 1 atom stereocenters. The second-order valence-corrected chi connectivity index (χ2v) is 14.8. The molecule has 0 amide bonds. The Morgan fingerprint density at radius 3 is 1.18 bits per heavy atom. The van der Waals surface area contributed by atoms with E-state index in [0.29, 0.717) is 0 Å². The molecule has 2 rings (SSSR count). The van der Waals surface area contributed by atoms with Crippen LogP contribution in [0.1, 0.15) is 129 Å². The maximum Gasteiger partial charge on any atom is 0.309 e. The molecule has 0 saturated carbocycles. The topological polar surface area (TPSA) is 107 Å². The largest absolute Gasteiger partial charge is 0.507 e. The molecule has 0 saturated heterocycles. The fraction of sp³-hybridized carbons (Fsp3) is 0.606. The molecule has 0 fully saturated rings. The van der Waals surface area contributed by atoms with Gasteiger partial charge in [0.1, 0.15) is 18.1 Å². The lowest BCUT2D eigenvalue weighted by Gasteiger charge is -2.32. The van der Waals surface area contributed by atoms with Crippen molar-refractivity contribution in [3.05, 3.63) is 57.6 Å². The number of phenolic OH excluding ortho intramolecular Hbond substituents is 2. The first-order chi connectivity index (χ1) is 17.5. The van der Waals surface area contributed by atoms with E-state index in [9.17, 15) is 25.2 Å². The van der Waals surface area contributed by atoms with Gasteiger partial charge in [-0.25, -0.2) is 0 Å². The molecule has 4 N–H and O–H groups in total. The number of hydrogen-bond acceptors (Lipinski definition) is 6. The van der Waals surface area contributed by atoms with Crippen molar-refractivity contribution in [3.8, 4) is 11.5 Å². The van der Waals surface area contributed by atoms with Gasteiger partial charge in [0.2, 0.25) is 6.29 Å². The van der Waals surface area contributed by atoms with Gasteiger partial charge in [0.05, 0.1) is 6.42 Å². The first-order valence-electron chi connectivity index (χ1n) is 13.7. The van der Waals surface area contributed by atoms with E-state index in [4.69, 9.17) is 4.74 Å². The van der Waals surface area contributed by atoms with Crippen molar-refractivity contribution < 1.29 is 30.0 Å². The predicted octanol–water partition coefficient (Wildman–Crippen LogP) is 6.66. The Bertz CT molecular complexity index is 1030. The van der Waals surface area contributed by atoms with Gasteiger partial charge in [-0.2, -0.15) is 0 Å². The molecule has 39 heavy (non-hydrogen) atoms.